The second-order valence-corrected chi connectivity index (χ2v) is 3.96. The van der Waals surface area contributed by atoms with Crippen molar-refractivity contribution in [1.29, 1.82) is 0 Å². The van der Waals surface area contributed by atoms with Crippen molar-refractivity contribution >= 4 is 11.8 Å². The fourth-order valence-electron chi connectivity index (χ4n) is 1.05. The van der Waals surface area contributed by atoms with E-state index in [1.807, 2.05) is 0 Å². The van der Waals surface area contributed by atoms with Gasteiger partial charge in [0.15, 0.2) is 6.10 Å². The summed E-state index contributed by atoms with van der Waals surface area (Å²) in [5.74, 6) is -2.71. The Morgan fingerprint density at radius 1 is 1.19 bits per heavy atom. The third-order valence-electron chi connectivity index (χ3n) is 1.71. The van der Waals surface area contributed by atoms with Gasteiger partial charge in [0.2, 0.25) is 0 Å². The highest BCUT2D eigenvalue weighted by molar-refractivity contribution is 7.99. The Morgan fingerprint density at radius 2 is 1.81 bits per heavy atom. The van der Waals surface area contributed by atoms with E-state index in [2.05, 4.69) is 0 Å². The number of thioether (sulfide) groups is 1. The number of aliphatic hydroxyl groups excluding tert-OH is 1. The quantitative estimate of drug-likeness (QED) is 0.660. The summed E-state index contributed by atoms with van der Waals surface area (Å²) in [5, 5.41) is 8.89. The lowest BCUT2D eigenvalue weighted by Gasteiger charge is -2.15. The minimum Gasteiger partial charge on any atom is -0.379 e. The summed E-state index contributed by atoms with van der Waals surface area (Å²) >= 11 is 0.129. The van der Waals surface area contributed by atoms with E-state index in [4.69, 9.17) is 5.11 Å². The number of hydrogen-bond donors (Lipinski definition) is 1. The van der Waals surface area contributed by atoms with Crippen LogP contribution in [0.3, 0.4) is 0 Å². The zero-order valence-electron chi connectivity index (χ0n) is 7.71. The molecule has 7 heteroatoms. The Labute approximate surface area is 92.3 Å². The first kappa shape index (κ1) is 13.2. The van der Waals surface area contributed by atoms with Crippen LogP contribution in [-0.2, 0) is 0 Å². The molecule has 0 saturated heterocycles. The predicted octanol–water partition coefficient (Wildman–Crippen LogP) is 3.60. The van der Waals surface area contributed by atoms with Crippen LogP contribution in [-0.4, -0.2) is 17.0 Å². The molecule has 0 aliphatic carbocycles. The minimum absolute atomic E-state index is 0.0178. The van der Waals surface area contributed by atoms with Crippen molar-refractivity contribution in [2.24, 2.45) is 0 Å². The smallest absolute Gasteiger partial charge is 0.379 e. The van der Waals surface area contributed by atoms with Gasteiger partial charge in [-0.1, -0.05) is 23.9 Å². The first-order valence-corrected chi connectivity index (χ1v) is 4.98. The topological polar surface area (TPSA) is 20.2 Å². The summed E-state index contributed by atoms with van der Waals surface area (Å²) in [7, 11) is 0. The van der Waals surface area contributed by atoms with Crippen molar-refractivity contribution in [3.05, 3.63) is 29.8 Å². The van der Waals surface area contributed by atoms with Crippen LogP contribution < -0.4 is 0 Å². The van der Waals surface area contributed by atoms with Gasteiger partial charge in [-0.25, -0.2) is 0 Å². The molecular weight excluding hydrogens is 251 g/mol. The molecular formula is C9H7F5OS. The van der Waals surface area contributed by atoms with Gasteiger partial charge in [0, 0.05) is 4.90 Å². The summed E-state index contributed by atoms with van der Waals surface area (Å²) in [5.41, 5.74) is -0.446. The number of benzene rings is 1. The van der Waals surface area contributed by atoms with Gasteiger partial charge in [-0.2, -0.15) is 22.0 Å². The standard InChI is InChI=1S/C9H7F5OS/c10-8(11)16-6-3-1-2-5(4-6)7(15)9(12,13)14/h1-4,7-8,15H/t7-/m0/s1. The Bertz CT molecular complexity index is 352. The first-order valence-electron chi connectivity index (χ1n) is 4.10. The van der Waals surface area contributed by atoms with Gasteiger partial charge in [0.05, 0.1) is 0 Å². The van der Waals surface area contributed by atoms with Crippen LogP contribution in [0.1, 0.15) is 11.7 Å². The average molecular weight is 258 g/mol. The normalized spacial score (nSPS) is 14.2. The second-order valence-electron chi connectivity index (χ2n) is 2.90. The van der Waals surface area contributed by atoms with E-state index in [0.717, 1.165) is 12.1 Å². The summed E-state index contributed by atoms with van der Waals surface area (Å²) in [4.78, 5) is -0.0178. The molecule has 0 saturated carbocycles. The van der Waals surface area contributed by atoms with Gasteiger partial charge < -0.3 is 5.11 Å². The van der Waals surface area contributed by atoms with Crippen LogP contribution in [0.15, 0.2) is 29.2 Å². The van der Waals surface area contributed by atoms with Crippen molar-refractivity contribution < 1.29 is 27.1 Å². The molecule has 1 aromatic carbocycles. The van der Waals surface area contributed by atoms with Crippen molar-refractivity contribution in [3.8, 4) is 0 Å². The molecule has 0 fully saturated rings. The van der Waals surface area contributed by atoms with Crippen molar-refractivity contribution in [3.63, 3.8) is 0 Å². The van der Waals surface area contributed by atoms with Crippen molar-refractivity contribution in [2.75, 3.05) is 0 Å². The van der Waals surface area contributed by atoms with Crippen LogP contribution in [0.25, 0.3) is 0 Å². The van der Waals surface area contributed by atoms with E-state index in [1.54, 1.807) is 0 Å². The summed E-state index contributed by atoms with van der Waals surface area (Å²) < 4.78 is 60.3. The van der Waals surface area contributed by atoms with E-state index in [0.29, 0.717) is 0 Å². The van der Waals surface area contributed by atoms with Gasteiger partial charge in [-0.3, -0.25) is 0 Å². The molecule has 0 radical (unpaired) electrons. The molecule has 90 valence electrons. The third kappa shape index (κ3) is 3.64. The highest BCUT2D eigenvalue weighted by Gasteiger charge is 2.39. The maximum absolute atomic E-state index is 12.1. The van der Waals surface area contributed by atoms with Crippen LogP contribution in [0.5, 0.6) is 0 Å². The molecule has 0 heterocycles. The largest absolute Gasteiger partial charge is 0.418 e. The highest BCUT2D eigenvalue weighted by atomic mass is 32.2. The molecule has 0 spiro atoms. The van der Waals surface area contributed by atoms with Gasteiger partial charge in [0.1, 0.15) is 0 Å². The molecule has 0 bridgehead atoms. The lowest BCUT2D eigenvalue weighted by molar-refractivity contribution is -0.206. The highest BCUT2D eigenvalue weighted by Crippen LogP contribution is 2.34. The third-order valence-corrected chi connectivity index (χ3v) is 2.41. The Morgan fingerprint density at radius 3 is 2.31 bits per heavy atom. The molecule has 1 nitrogen and oxygen atoms in total. The monoisotopic (exact) mass is 258 g/mol. The number of rotatable bonds is 3. The summed E-state index contributed by atoms with van der Waals surface area (Å²) in [6, 6.07) is 4.38. The Hall–Kier alpha value is -0.820. The molecule has 0 aliphatic rings. The molecule has 0 aromatic heterocycles. The zero-order valence-corrected chi connectivity index (χ0v) is 8.53. The number of halogens is 5. The molecule has 1 atom stereocenters. The average Bonchev–Trinajstić information content (AvgIpc) is 2.14. The van der Waals surface area contributed by atoms with E-state index < -0.39 is 23.6 Å². The number of aliphatic hydroxyl groups is 1. The van der Waals surface area contributed by atoms with Crippen molar-refractivity contribution in [1.82, 2.24) is 0 Å². The van der Waals surface area contributed by atoms with Crippen LogP contribution in [0, 0.1) is 0 Å². The molecule has 16 heavy (non-hydrogen) atoms. The van der Waals surface area contributed by atoms with E-state index in [1.165, 1.54) is 12.1 Å². The van der Waals surface area contributed by atoms with E-state index in [-0.39, 0.29) is 16.7 Å². The number of alkyl halides is 5. The van der Waals surface area contributed by atoms with Gasteiger partial charge in [0.25, 0.3) is 5.76 Å². The fraction of sp³-hybridized carbons (Fsp3) is 0.333. The second kappa shape index (κ2) is 5.01. The molecule has 1 N–H and O–H groups in total. The van der Waals surface area contributed by atoms with Crippen molar-refractivity contribution in [2.45, 2.75) is 22.9 Å². The zero-order chi connectivity index (χ0) is 12.3. The Kier molecular flexibility index (Phi) is 4.15. The summed E-state index contributed by atoms with van der Waals surface area (Å²) in [6.45, 7) is 0. The van der Waals surface area contributed by atoms with E-state index in [9.17, 15) is 22.0 Å². The lowest BCUT2D eigenvalue weighted by atomic mass is 10.1. The van der Waals surface area contributed by atoms with Crippen LogP contribution in [0.4, 0.5) is 22.0 Å². The maximum atomic E-state index is 12.1. The minimum atomic E-state index is -4.80. The van der Waals surface area contributed by atoms with Gasteiger partial charge in [-0.05, 0) is 17.7 Å². The molecule has 0 aliphatic heterocycles. The molecule has 0 unspecified atom stereocenters. The molecule has 0 amide bonds. The lowest BCUT2D eigenvalue weighted by Crippen LogP contribution is -2.20. The number of hydrogen-bond acceptors (Lipinski definition) is 2. The first-order chi connectivity index (χ1) is 7.30. The molecule has 1 rings (SSSR count). The van der Waals surface area contributed by atoms with Gasteiger partial charge >= 0.3 is 6.18 Å². The van der Waals surface area contributed by atoms with Crippen LogP contribution >= 0.6 is 11.8 Å². The predicted molar refractivity (Wildman–Crippen MR) is 49.3 cm³/mol. The molecule has 1 aromatic rings. The van der Waals surface area contributed by atoms with Crippen LogP contribution in [0.2, 0.25) is 0 Å². The van der Waals surface area contributed by atoms with E-state index >= 15 is 0 Å². The SMILES string of the molecule is O[C@@H](c1cccc(SC(F)F)c1)C(F)(F)F. The summed E-state index contributed by atoms with van der Waals surface area (Å²) in [6.07, 6.45) is -7.44. The maximum Gasteiger partial charge on any atom is 0.418 e. The Balaban J connectivity index is 2.90. The fourth-order valence-corrected chi connectivity index (χ4v) is 1.62. The van der Waals surface area contributed by atoms with Gasteiger partial charge in [-0.15, -0.1) is 0 Å².